The third-order valence-electron chi connectivity index (χ3n) is 2.54. The molecule has 0 aliphatic carbocycles. The minimum absolute atomic E-state index is 0.216. The Morgan fingerprint density at radius 1 is 1.06 bits per heavy atom. The lowest BCUT2D eigenvalue weighted by Gasteiger charge is -2.05. The zero-order valence-electron chi connectivity index (χ0n) is 10.4. The number of halogens is 1. The number of hydrogen-bond acceptors (Lipinski definition) is 4. The quantitative estimate of drug-likeness (QED) is 0.633. The van der Waals surface area contributed by atoms with Gasteiger partial charge in [0.05, 0.1) is 13.3 Å². The molecule has 1 aromatic heterocycles. The van der Waals surface area contributed by atoms with Gasteiger partial charge in [-0.25, -0.2) is 9.97 Å². The number of alkyl halides is 1. The SMILES string of the molecule is N#Cc1nccnc1OCCCCCCCCF. The van der Waals surface area contributed by atoms with E-state index < -0.39 is 0 Å². The highest BCUT2D eigenvalue weighted by atomic mass is 19.1. The van der Waals surface area contributed by atoms with Crippen LogP contribution in [0.4, 0.5) is 4.39 Å². The molecule has 0 spiro atoms. The molecular formula is C13H18FN3O. The van der Waals surface area contributed by atoms with E-state index in [4.69, 9.17) is 10.00 Å². The van der Waals surface area contributed by atoms with Crippen LogP contribution in [0, 0.1) is 11.3 Å². The van der Waals surface area contributed by atoms with E-state index in [1.165, 1.54) is 12.4 Å². The largest absolute Gasteiger partial charge is 0.476 e. The Labute approximate surface area is 107 Å². The Hall–Kier alpha value is -1.70. The van der Waals surface area contributed by atoms with Gasteiger partial charge >= 0.3 is 0 Å². The van der Waals surface area contributed by atoms with Gasteiger partial charge < -0.3 is 4.74 Å². The molecule has 98 valence electrons. The second-order valence-corrected chi connectivity index (χ2v) is 3.98. The number of aromatic nitrogens is 2. The van der Waals surface area contributed by atoms with Crippen molar-refractivity contribution in [2.24, 2.45) is 0 Å². The Balaban J connectivity index is 2.09. The van der Waals surface area contributed by atoms with E-state index in [0.717, 1.165) is 32.1 Å². The van der Waals surface area contributed by atoms with Gasteiger partial charge in [-0.2, -0.15) is 5.26 Å². The lowest BCUT2D eigenvalue weighted by Crippen LogP contribution is -2.02. The van der Waals surface area contributed by atoms with Crippen molar-refractivity contribution in [2.45, 2.75) is 38.5 Å². The first-order chi connectivity index (χ1) is 8.88. The maximum absolute atomic E-state index is 11.8. The molecule has 4 nitrogen and oxygen atoms in total. The van der Waals surface area contributed by atoms with Crippen LogP contribution >= 0.6 is 0 Å². The number of rotatable bonds is 9. The molecule has 0 aliphatic rings. The molecule has 1 aromatic rings. The maximum Gasteiger partial charge on any atom is 0.251 e. The van der Waals surface area contributed by atoms with Crippen molar-refractivity contribution in [2.75, 3.05) is 13.3 Å². The molecule has 5 heteroatoms. The second kappa shape index (κ2) is 9.34. The molecule has 0 radical (unpaired) electrons. The van der Waals surface area contributed by atoms with Crippen LogP contribution in [0.25, 0.3) is 0 Å². The molecule has 0 N–H and O–H groups in total. The third-order valence-corrected chi connectivity index (χ3v) is 2.54. The Morgan fingerprint density at radius 3 is 2.44 bits per heavy atom. The van der Waals surface area contributed by atoms with Crippen LogP contribution in [0.5, 0.6) is 5.88 Å². The third kappa shape index (κ3) is 5.58. The highest BCUT2D eigenvalue weighted by Gasteiger charge is 2.04. The van der Waals surface area contributed by atoms with Crippen molar-refractivity contribution < 1.29 is 9.13 Å². The first kappa shape index (κ1) is 14.4. The summed E-state index contributed by atoms with van der Waals surface area (Å²) in [7, 11) is 0. The fraction of sp³-hybridized carbons (Fsp3) is 0.615. The fourth-order valence-corrected chi connectivity index (χ4v) is 1.58. The number of unbranched alkanes of at least 4 members (excludes halogenated alkanes) is 5. The number of hydrogen-bond donors (Lipinski definition) is 0. The summed E-state index contributed by atoms with van der Waals surface area (Å²) < 4.78 is 17.2. The molecule has 1 heterocycles. The zero-order chi connectivity index (χ0) is 13.1. The molecular weight excluding hydrogens is 233 g/mol. The van der Waals surface area contributed by atoms with E-state index in [1.807, 2.05) is 6.07 Å². The summed E-state index contributed by atoms with van der Waals surface area (Å²) in [5.74, 6) is 0.303. The molecule has 0 fully saturated rings. The fourth-order valence-electron chi connectivity index (χ4n) is 1.58. The molecule has 1 rings (SSSR count). The van der Waals surface area contributed by atoms with Crippen molar-refractivity contribution in [1.82, 2.24) is 9.97 Å². The lowest BCUT2D eigenvalue weighted by molar-refractivity contribution is 0.290. The highest BCUT2D eigenvalue weighted by molar-refractivity contribution is 5.29. The van der Waals surface area contributed by atoms with Gasteiger partial charge in [0.15, 0.2) is 0 Å². The molecule has 0 atom stereocenters. The van der Waals surface area contributed by atoms with Crippen molar-refractivity contribution in [3.8, 4) is 11.9 Å². The van der Waals surface area contributed by atoms with Crippen molar-refractivity contribution in [3.63, 3.8) is 0 Å². The van der Waals surface area contributed by atoms with Crippen LogP contribution in [0.3, 0.4) is 0 Å². The molecule has 0 bridgehead atoms. The van der Waals surface area contributed by atoms with Crippen LogP contribution in [-0.4, -0.2) is 23.2 Å². The van der Waals surface area contributed by atoms with E-state index in [9.17, 15) is 4.39 Å². The molecule has 0 saturated carbocycles. The van der Waals surface area contributed by atoms with Crippen LogP contribution in [0.15, 0.2) is 12.4 Å². The van der Waals surface area contributed by atoms with Crippen molar-refractivity contribution in [3.05, 3.63) is 18.1 Å². The minimum atomic E-state index is -0.216. The van der Waals surface area contributed by atoms with Gasteiger partial charge in [-0.1, -0.05) is 25.7 Å². The second-order valence-electron chi connectivity index (χ2n) is 3.98. The van der Waals surface area contributed by atoms with Crippen molar-refractivity contribution >= 4 is 0 Å². The van der Waals surface area contributed by atoms with Crippen LogP contribution in [0.1, 0.15) is 44.2 Å². The van der Waals surface area contributed by atoms with Gasteiger partial charge in [0.25, 0.3) is 5.88 Å². The topological polar surface area (TPSA) is 58.8 Å². The molecule has 0 aliphatic heterocycles. The Kier molecular flexibility index (Phi) is 7.45. The summed E-state index contributed by atoms with van der Waals surface area (Å²) in [6, 6.07) is 1.94. The molecule has 0 amide bonds. The average molecular weight is 251 g/mol. The summed E-state index contributed by atoms with van der Waals surface area (Å²) >= 11 is 0. The monoisotopic (exact) mass is 251 g/mol. The number of ether oxygens (including phenoxy) is 1. The molecule has 0 unspecified atom stereocenters. The first-order valence-electron chi connectivity index (χ1n) is 6.28. The van der Waals surface area contributed by atoms with Crippen LogP contribution < -0.4 is 4.74 Å². The normalized spacial score (nSPS) is 10.0. The van der Waals surface area contributed by atoms with E-state index in [-0.39, 0.29) is 12.4 Å². The molecule has 0 aromatic carbocycles. The van der Waals surface area contributed by atoms with E-state index in [0.29, 0.717) is 18.9 Å². The predicted molar refractivity (Wildman–Crippen MR) is 65.9 cm³/mol. The molecule has 18 heavy (non-hydrogen) atoms. The Bertz CT molecular complexity index is 379. The summed E-state index contributed by atoms with van der Waals surface area (Å²) in [4.78, 5) is 7.82. The van der Waals surface area contributed by atoms with Gasteiger partial charge in [-0.3, -0.25) is 4.39 Å². The van der Waals surface area contributed by atoms with E-state index in [2.05, 4.69) is 9.97 Å². The number of nitrogens with zero attached hydrogens (tertiary/aromatic N) is 3. The standard InChI is InChI=1S/C13H18FN3O/c14-7-5-3-1-2-4-6-10-18-13-12(11-15)16-8-9-17-13/h8-9H,1-7,10H2. The predicted octanol–water partition coefficient (Wildman–Crippen LogP) is 3.04. The van der Waals surface area contributed by atoms with Gasteiger partial charge in [-0.15, -0.1) is 0 Å². The summed E-state index contributed by atoms with van der Waals surface area (Å²) in [6.07, 6.45) is 8.73. The zero-order valence-corrected chi connectivity index (χ0v) is 10.4. The number of nitriles is 1. The summed E-state index contributed by atoms with van der Waals surface area (Å²) in [6.45, 7) is 0.323. The smallest absolute Gasteiger partial charge is 0.251 e. The van der Waals surface area contributed by atoms with E-state index in [1.54, 1.807) is 0 Å². The lowest BCUT2D eigenvalue weighted by atomic mass is 10.1. The van der Waals surface area contributed by atoms with Crippen LogP contribution in [-0.2, 0) is 0 Å². The van der Waals surface area contributed by atoms with E-state index >= 15 is 0 Å². The van der Waals surface area contributed by atoms with Gasteiger partial charge in [-0.05, 0) is 12.8 Å². The van der Waals surface area contributed by atoms with Crippen LogP contribution in [0.2, 0.25) is 0 Å². The highest BCUT2D eigenvalue weighted by Crippen LogP contribution is 2.11. The summed E-state index contributed by atoms with van der Waals surface area (Å²) in [5, 5.41) is 8.78. The molecule has 0 saturated heterocycles. The first-order valence-corrected chi connectivity index (χ1v) is 6.28. The van der Waals surface area contributed by atoms with Crippen molar-refractivity contribution in [1.29, 1.82) is 5.26 Å². The Morgan fingerprint density at radius 2 is 1.72 bits per heavy atom. The van der Waals surface area contributed by atoms with Gasteiger partial charge in [0, 0.05) is 12.4 Å². The minimum Gasteiger partial charge on any atom is -0.476 e. The van der Waals surface area contributed by atoms with Gasteiger partial charge in [0.1, 0.15) is 6.07 Å². The van der Waals surface area contributed by atoms with Gasteiger partial charge in [0.2, 0.25) is 5.69 Å². The average Bonchev–Trinajstić information content (AvgIpc) is 2.42. The summed E-state index contributed by atoms with van der Waals surface area (Å²) in [5.41, 5.74) is 0.223. The maximum atomic E-state index is 11.8.